The van der Waals surface area contributed by atoms with E-state index in [-0.39, 0.29) is 18.9 Å². The number of likely N-dealkylation sites (N-methyl/N-ethyl adjacent to an activating group) is 1. The average Bonchev–Trinajstić information content (AvgIpc) is 3.17. The Balaban J connectivity index is 1.67. The van der Waals surface area contributed by atoms with Crippen molar-refractivity contribution >= 4 is 0 Å². The Kier molecular flexibility index (Phi) is 3.65. The summed E-state index contributed by atoms with van der Waals surface area (Å²) in [4.78, 5) is 2.44. The standard InChI is InChI=1S/C21H23NO5/c1-22-15-5-11-6-17(23-2)18(24-3)8-12(11)16(22)7-14-13(15)9-19(25-4)21-20(14)26-10-27-21/h6,8-9,15-16H,5,7,10H2,1-4H3/t15-,16-/m0/s1. The normalized spacial score (nSPS) is 22.1. The molecule has 2 atom stereocenters. The van der Waals surface area contributed by atoms with Gasteiger partial charge in [-0.1, -0.05) is 0 Å². The van der Waals surface area contributed by atoms with Crippen LogP contribution in [0.4, 0.5) is 0 Å². The van der Waals surface area contributed by atoms with Crippen LogP contribution in [0.3, 0.4) is 0 Å². The zero-order valence-electron chi connectivity index (χ0n) is 16.0. The van der Waals surface area contributed by atoms with Gasteiger partial charge in [-0.3, -0.25) is 4.90 Å². The largest absolute Gasteiger partial charge is 0.493 e. The van der Waals surface area contributed by atoms with Crippen molar-refractivity contribution in [2.24, 2.45) is 0 Å². The number of ether oxygens (including phenoxy) is 5. The SMILES string of the molecule is COc1cc2c(cc1OC)[C@@H]1Cc3c(cc(OC)c4c3OCO4)[C@H](C2)N1C. The third kappa shape index (κ3) is 2.22. The van der Waals surface area contributed by atoms with E-state index in [9.17, 15) is 0 Å². The smallest absolute Gasteiger partial charge is 0.231 e. The van der Waals surface area contributed by atoms with Crippen LogP contribution in [0.5, 0.6) is 28.7 Å². The number of rotatable bonds is 3. The Morgan fingerprint density at radius 2 is 1.44 bits per heavy atom. The van der Waals surface area contributed by atoms with Crippen LogP contribution in [-0.4, -0.2) is 40.1 Å². The molecule has 0 N–H and O–H groups in total. The zero-order valence-corrected chi connectivity index (χ0v) is 16.0. The fraction of sp³-hybridized carbons (Fsp3) is 0.429. The highest BCUT2D eigenvalue weighted by Gasteiger charge is 2.42. The van der Waals surface area contributed by atoms with Gasteiger partial charge in [-0.2, -0.15) is 0 Å². The van der Waals surface area contributed by atoms with Crippen molar-refractivity contribution in [3.8, 4) is 28.7 Å². The molecule has 0 unspecified atom stereocenters. The van der Waals surface area contributed by atoms with Gasteiger partial charge < -0.3 is 23.7 Å². The number of hydrogen-bond donors (Lipinski definition) is 0. The maximum absolute atomic E-state index is 5.84. The monoisotopic (exact) mass is 369 g/mol. The molecule has 0 saturated heterocycles. The third-order valence-corrected chi connectivity index (χ3v) is 6.12. The van der Waals surface area contributed by atoms with E-state index in [0.29, 0.717) is 0 Å². The van der Waals surface area contributed by atoms with Crippen LogP contribution in [0.1, 0.15) is 34.3 Å². The topological polar surface area (TPSA) is 49.4 Å². The first-order valence-electron chi connectivity index (χ1n) is 9.12. The molecule has 0 fully saturated rings. The molecule has 3 heterocycles. The molecule has 0 radical (unpaired) electrons. The van der Waals surface area contributed by atoms with E-state index < -0.39 is 0 Å². The highest BCUT2D eigenvalue weighted by atomic mass is 16.7. The molecule has 27 heavy (non-hydrogen) atoms. The van der Waals surface area contributed by atoms with Crippen LogP contribution in [0.25, 0.3) is 0 Å². The van der Waals surface area contributed by atoms with Gasteiger partial charge in [0.15, 0.2) is 23.0 Å². The molecule has 3 aliphatic heterocycles. The highest BCUT2D eigenvalue weighted by molar-refractivity contribution is 5.63. The Morgan fingerprint density at radius 3 is 2.19 bits per heavy atom. The van der Waals surface area contributed by atoms with E-state index in [1.807, 2.05) is 0 Å². The predicted molar refractivity (Wildman–Crippen MR) is 99.3 cm³/mol. The summed E-state index contributed by atoms with van der Waals surface area (Å²) in [6.45, 7) is 0.245. The van der Waals surface area contributed by atoms with E-state index in [1.54, 1.807) is 21.3 Å². The Hall–Kier alpha value is -2.60. The Morgan fingerprint density at radius 1 is 0.815 bits per heavy atom. The maximum Gasteiger partial charge on any atom is 0.231 e. The molecule has 0 aromatic heterocycles. The molecule has 142 valence electrons. The lowest BCUT2D eigenvalue weighted by atomic mass is 9.76. The third-order valence-electron chi connectivity index (χ3n) is 6.12. The highest BCUT2D eigenvalue weighted by Crippen LogP contribution is 2.55. The molecule has 5 rings (SSSR count). The summed E-state index contributed by atoms with van der Waals surface area (Å²) in [6, 6.07) is 6.88. The lowest BCUT2D eigenvalue weighted by Crippen LogP contribution is -2.40. The van der Waals surface area contributed by atoms with Crippen LogP contribution < -0.4 is 23.7 Å². The van der Waals surface area contributed by atoms with Crippen molar-refractivity contribution in [3.63, 3.8) is 0 Å². The summed E-state index contributed by atoms with van der Waals surface area (Å²) in [6.07, 6.45) is 1.76. The van der Waals surface area contributed by atoms with Crippen LogP contribution >= 0.6 is 0 Å². The van der Waals surface area contributed by atoms with Gasteiger partial charge in [0, 0.05) is 17.6 Å². The zero-order chi connectivity index (χ0) is 18.7. The fourth-order valence-corrected chi connectivity index (χ4v) is 4.76. The van der Waals surface area contributed by atoms with Gasteiger partial charge in [0.1, 0.15) is 0 Å². The van der Waals surface area contributed by atoms with Crippen LogP contribution in [0.15, 0.2) is 18.2 Å². The molecular formula is C21H23NO5. The van der Waals surface area contributed by atoms with Crippen LogP contribution in [0.2, 0.25) is 0 Å². The first-order valence-corrected chi connectivity index (χ1v) is 9.12. The number of benzene rings is 2. The van der Waals surface area contributed by atoms with Gasteiger partial charge in [-0.15, -0.1) is 0 Å². The van der Waals surface area contributed by atoms with E-state index in [4.69, 9.17) is 23.7 Å². The quantitative estimate of drug-likeness (QED) is 0.828. The summed E-state index contributed by atoms with van der Waals surface area (Å²) >= 11 is 0. The number of fused-ring (bicyclic) bond motifs is 8. The van der Waals surface area contributed by atoms with Gasteiger partial charge in [-0.25, -0.2) is 0 Å². The van der Waals surface area contributed by atoms with E-state index >= 15 is 0 Å². The molecule has 6 nitrogen and oxygen atoms in total. The molecule has 2 aromatic rings. The summed E-state index contributed by atoms with van der Waals surface area (Å²) in [5, 5.41) is 0. The fourth-order valence-electron chi connectivity index (χ4n) is 4.76. The van der Waals surface area contributed by atoms with Crippen molar-refractivity contribution in [1.82, 2.24) is 4.90 Å². The minimum absolute atomic E-state index is 0.245. The predicted octanol–water partition coefficient (Wildman–Crippen LogP) is 3.27. The van der Waals surface area contributed by atoms with Crippen molar-refractivity contribution < 1.29 is 23.7 Å². The second-order valence-corrected chi connectivity index (χ2v) is 7.22. The Bertz CT molecular complexity index is 926. The summed E-state index contributed by atoms with van der Waals surface area (Å²) in [5.41, 5.74) is 5.09. The molecule has 6 heteroatoms. The van der Waals surface area contributed by atoms with Crippen LogP contribution in [0, 0.1) is 0 Å². The summed E-state index contributed by atoms with van der Waals surface area (Å²) in [5.74, 6) is 3.87. The van der Waals surface area contributed by atoms with Gasteiger partial charge in [-0.05, 0) is 54.8 Å². The second-order valence-electron chi connectivity index (χ2n) is 7.22. The van der Waals surface area contributed by atoms with Gasteiger partial charge in [0.25, 0.3) is 0 Å². The summed E-state index contributed by atoms with van der Waals surface area (Å²) in [7, 11) is 7.22. The second kappa shape index (κ2) is 5.96. The average molecular weight is 369 g/mol. The molecule has 2 bridgehead atoms. The van der Waals surface area contributed by atoms with Crippen molar-refractivity contribution in [1.29, 1.82) is 0 Å². The first-order chi connectivity index (χ1) is 13.2. The lowest BCUT2D eigenvalue weighted by Gasteiger charge is -2.46. The van der Waals surface area contributed by atoms with Crippen LogP contribution in [-0.2, 0) is 12.8 Å². The van der Waals surface area contributed by atoms with E-state index in [1.165, 1.54) is 22.3 Å². The van der Waals surface area contributed by atoms with Crippen molar-refractivity contribution in [2.45, 2.75) is 24.9 Å². The van der Waals surface area contributed by atoms with Gasteiger partial charge in [0.05, 0.1) is 21.3 Å². The first kappa shape index (κ1) is 16.6. The molecule has 0 amide bonds. The van der Waals surface area contributed by atoms with Crippen molar-refractivity contribution in [2.75, 3.05) is 35.2 Å². The maximum atomic E-state index is 5.84. The number of nitrogens with zero attached hydrogens (tertiary/aromatic N) is 1. The summed E-state index contributed by atoms with van der Waals surface area (Å²) < 4.78 is 28.2. The van der Waals surface area contributed by atoms with Gasteiger partial charge >= 0.3 is 0 Å². The van der Waals surface area contributed by atoms with E-state index in [0.717, 1.165) is 41.6 Å². The molecular weight excluding hydrogens is 346 g/mol. The minimum atomic E-state index is 0.245. The lowest BCUT2D eigenvalue weighted by molar-refractivity contribution is 0.134. The van der Waals surface area contributed by atoms with Gasteiger partial charge in [0.2, 0.25) is 12.5 Å². The molecule has 0 saturated carbocycles. The molecule has 2 aromatic carbocycles. The Labute approximate surface area is 158 Å². The number of methoxy groups -OCH3 is 3. The van der Waals surface area contributed by atoms with E-state index in [2.05, 4.69) is 30.1 Å². The molecule has 0 spiro atoms. The van der Waals surface area contributed by atoms with Crippen molar-refractivity contribution in [3.05, 3.63) is 40.5 Å². The molecule has 3 aliphatic rings. The number of hydrogen-bond acceptors (Lipinski definition) is 6. The minimum Gasteiger partial charge on any atom is -0.493 e. The molecule has 0 aliphatic carbocycles.